The van der Waals surface area contributed by atoms with Crippen LogP contribution in [0.3, 0.4) is 0 Å². The maximum absolute atomic E-state index is 11.4. The number of aromatic nitrogens is 7. The first-order chi connectivity index (χ1) is 23.4. The summed E-state index contributed by atoms with van der Waals surface area (Å²) in [6, 6.07) is 3.04. The summed E-state index contributed by atoms with van der Waals surface area (Å²) in [6.45, 7) is 25.7. The van der Waals surface area contributed by atoms with E-state index in [2.05, 4.69) is 76.1 Å². The van der Waals surface area contributed by atoms with E-state index in [1.807, 2.05) is 54.5 Å². The van der Waals surface area contributed by atoms with E-state index in [9.17, 15) is 9.59 Å². The molecule has 0 saturated heterocycles. The van der Waals surface area contributed by atoms with Gasteiger partial charge in [-0.2, -0.15) is 4.98 Å². The van der Waals surface area contributed by atoms with E-state index < -0.39 is 0 Å². The van der Waals surface area contributed by atoms with Crippen molar-refractivity contribution in [3.63, 3.8) is 0 Å². The fourth-order valence-corrected chi connectivity index (χ4v) is 4.71. The molecule has 6 heterocycles. The van der Waals surface area contributed by atoms with Crippen LogP contribution in [-0.2, 0) is 4.79 Å². The number of aliphatic imine (C=N–C) groups is 1. The summed E-state index contributed by atoms with van der Waals surface area (Å²) in [4.78, 5) is 49.3. The minimum Gasteiger partial charge on any atom is -0.397 e. The normalized spacial score (nSPS) is 14.0. The number of rotatable bonds is 4. The van der Waals surface area contributed by atoms with Gasteiger partial charge >= 0.3 is 0 Å². The fraction of sp³-hybridized carbons (Fsp3) is 0.400. The fourth-order valence-electron chi connectivity index (χ4n) is 4.71. The van der Waals surface area contributed by atoms with Crippen molar-refractivity contribution in [2.75, 3.05) is 11.5 Å². The van der Waals surface area contributed by atoms with Gasteiger partial charge in [0.15, 0.2) is 16.8 Å². The number of fused-ring (bicyclic) bond motifs is 2. The van der Waals surface area contributed by atoms with Crippen LogP contribution < -0.4 is 28.1 Å². The summed E-state index contributed by atoms with van der Waals surface area (Å²) < 4.78 is 3.81. The monoisotopic (exact) mass is 702 g/mol. The van der Waals surface area contributed by atoms with Crippen molar-refractivity contribution in [3.8, 4) is 0 Å². The number of nitrogens with zero attached hydrogens (tertiary/aromatic N) is 9. The van der Waals surface area contributed by atoms with Gasteiger partial charge in [-0.1, -0.05) is 20.6 Å². The molecule has 8 N–H and O–H groups in total. The Labute approximate surface area is 299 Å². The van der Waals surface area contributed by atoms with Gasteiger partial charge in [-0.3, -0.25) is 14.6 Å². The van der Waals surface area contributed by atoms with Crippen molar-refractivity contribution in [3.05, 3.63) is 84.1 Å². The van der Waals surface area contributed by atoms with Crippen molar-refractivity contribution < 1.29 is 4.79 Å². The van der Waals surface area contributed by atoms with Gasteiger partial charge in [-0.15, -0.1) is 0 Å². The number of carbonyl (C=O) groups is 1. The van der Waals surface area contributed by atoms with Gasteiger partial charge in [0.1, 0.15) is 23.0 Å². The molecule has 4 aromatic heterocycles. The number of aromatic amines is 1. The lowest BCUT2D eigenvalue weighted by Gasteiger charge is -2.31. The summed E-state index contributed by atoms with van der Waals surface area (Å²) in [5.41, 5.74) is 20.3. The number of hydrogen-bond acceptors (Lipinski definition) is 12. The molecule has 0 unspecified atom stereocenters. The van der Waals surface area contributed by atoms with Gasteiger partial charge in [0, 0.05) is 48.3 Å². The average molecular weight is 703 g/mol. The molecule has 2 aliphatic heterocycles. The largest absolute Gasteiger partial charge is 0.397 e. The Morgan fingerprint density at radius 2 is 1.35 bits per heavy atom. The van der Waals surface area contributed by atoms with Gasteiger partial charge in [0.05, 0.1) is 18.3 Å². The molecule has 16 nitrogen and oxygen atoms in total. The second-order valence-electron chi connectivity index (χ2n) is 12.7. The third kappa shape index (κ3) is 10.3. The topological polar surface area (TPSA) is 220 Å². The lowest BCUT2D eigenvalue weighted by atomic mass is 10.2. The Balaban J connectivity index is 0.000000235. The van der Waals surface area contributed by atoms with Crippen molar-refractivity contribution >= 4 is 45.7 Å². The Bertz CT molecular complexity index is 1990. The van der Waals surface area contributed by atoms with E-state index >= 15 is 0 Å². The molecule has 4 aromatic rings. The number of amidine groups is 1. The summed E-state index contributed by atoms with van der Waals surface area (Å²) in [5, 5.41) is 2.68. The molecule has 51 heavy (non-hydrogen) atoms. The molecule has 0 aliphatic carbocycles. The number of H-pyrrole nitrogens is 1. The molecule has 0 aromatic carbocycles. The molecule has 0 spiro atoms. The van der Waals surface area contributed by atoms with Gasteiger partial charge < -0.3 is 41.5 Å². The highest BCUT2D eigenvalue weighted by molar-refractivity contribution is 5.94. The van der Waals surface area contributed by atoms with Crippen LogP contribution in [0.4, 0.5) is 11.6 Å². The van der Waals surface area contributed by atoms with E-state index in [4.69, 9.17) is 17.2 Å². The van der Waals surface area contributed by atoms with Crippen LogP contribution in [0.5, 0.6) is 0 Å². The van der Waals surface area contributed by atoms with E-state index in [1.54, 1.807) is 42.5 Å². The summed E-state index contributed by atoms with van der Waals surface area (Å²) in [7, 11) is 0. The zero-order valence-corrected chi connectivity index (χ0v) is 30.3. The second kappa shape index (κ2) is 17.6. The molecule has 0 radical (unpaired) electrons. The molecule has 0 atom stereocenters. The molecule has 0 fully saturated rings. The highest BCUT2D eigenvalue weighted by atomic mass is 16.2. The summed E-state index contributed by atoms with van der Waals surface area (Å²) in [5.74, 6) is 1.94. The number of amides is 1. The standard InChI is InChI=1S/C9H12N4.C9H14N2O.C8H11N5O.C8H13N3.CH4/c1-6(2)13-5-12-8-7(10)3-4-11-9(8)13;1-6(2)11-5-7(3)9(12)10-8(11)4;1-4(2)13-3-10-5-6(13)11-8(9)12-7(5)14;1-6(2)11-5-4-8(9)10-7(11)3;/h3-6H,1-2H3,(H2,10,11);5-6H,4H2,1-3H3,(H,10,12);3-4H,1-2H3,(H3,9,11,12,14);4-6H,3H2,1-2H3,(H2,9,10);1H4. The third-order valence-corrected chi connectivity index (χ3v) is 7.39. The highest BCUT2D eigenvalue weighted by Gasteiger charge is 2.19. The molecule has 2 aliphatic rings. The lowest BCUT2D eigenvalue weighted by Crippen LogP contribution is -2.40. The van der Waals surface area contributed by atoms with E-state index in [0.717, 1.165) is 16.7 Å². The van der Waals surface area contributed by atoms with Gasteiger partial charge in [0.25, 0.3) is 11.5 Å². The number of anilines is 2. The number of hydrogen-bond donors (Lipinski definition) is 5. The van der Waals surface area contributed by atoms with Gasteiger partial charge in [0.2, 0.25) is 5.95 Å². The molecule has 0 bridgehead atoms. The minimum absolute atomic E-state index is 0. The maximum Gasteiger partial charge on any atom is 0.280 e. The van der Waals surface area contributed by atoms with Crippen molar-refractivity contribution in [1.82, 2.24) is 49.2 Å². The first kappa shape index (κ1) is 41.2. The van der Waals surface area contributed by atoms with Crippen LogP contribution >= 0.6 is 0 Å². The number of nitrogen functional groups attached to an aromatic ring is 2. The van der Waals surface area contributed by atoms with Crippen LogP contribution in [0, 0.1) is 0 Å². The van der Waals surface area contributed by atoms with Crippen molar-refractivity contribution in [1.29, 1.82) is 0 Å². The first-order valence-electron chi connectivity index (χ1n) is 16.2. The SMILES string of the molecule is C.C=C1N=C(N)C=CN1C(C)C.C=C1NC(=O)C(C)=CN1C(C)C.CC(C)n1cnc2c(=O)[nH]c(N)nc21.CC(C)n1cnc2c(N)ccnc21. The zero-order valence-electron chi connectivity index (χ0n) is 30.3. The molecule has 16 heteroatoms. The first-order valence-corrected chi connectivity index (χ1v) is 16.2. The van der Waals surface area contributed by atoms with Crippen LogP contribution in [0.2, 0.25) is 0 Å². The molecule has 6 rings (SSSR count). The van der Waals surface area contributed by atoms with E-state index in [0.29, 0.717) is 52.5 Å². The molecular formula is C35H54N14O2. The van der Waals surface area contributed by atoms with Crippen LogP contribution in [0.1, 0.15) is 81.8 Å². The molecule has 1 amide bonds. The molecule has 276 valence electrons. The smallest absolute Gasteiger partial charge is 0.280 e. The zero-order chi connectivity index (χ0) is 37.4. The predicted octanol–water partition coefficient (Wildman–Crippen LogP) is 4.77. The number of nitrogens with one attached hydrogen (secondary N) is 2. The van der Waals surface area contributed by atoms with Gasteiger partial charge in [-0.25, -0.2) is 19.9 Å². The minimum atomic E-state index is -0.299. The number of pyridine rings is 1. The summed E-state index contributed by atoms with van der Waals surface area (Å²) >= 11 is 0. The lowest BCUT2D eigenvalue weighted by molar-refractivity contribution is -0.117. The Kier molecular flexibility index (Phi) is 14.3. The third-order valence-electron chi connectivity index (χ3n) is 7.39. The molecular weight excluding hydrogens is 648 g/mol. The number of carbonyl (C=O) groups excluding carboxylic acids is 1. The quantitative estimate of drug-likeness (QED) is 0.195. The van der Waals surface area contributed by atoms with Crippen LogP contribution in [0.25, 0.3) is 22.3 Å². The maximum atomic E-state index is 11.4. The highest BCUT2D eigenvalue weighted by Crippen LogP contribution is 2.19. The molecule has 0 saturated carbocycles. The summed E-state index contributed by atoms with van der Waals surface area (Å²) in [6.07, 6.45) is 10.6. The Morgan fingerprint density at radius 3 is 1.90 bits per heavy atom. The van der Waals surface area contributed by atoms with E-state index in [-0.39, 0.29) is 30.9 Å². The van der Waals surface area contributed by atoms with Crippen LogP contribution in [0.15, 0.2) is 83.6 Å². The van der Waals surface area contributed by atoms with E-state index in [1.165, 1.54) is 0 Å². The van der Waals surface area contributed by atoms with Crippen LogP contribution in [-0.4, -0.2) is 67.7 Å². The second-order valence-corrected chi connectivity index (χ2v) is 12.7. The average Bonchev–Trinajstić information content (AvgIpc) is 3.66. The van der Waals surface area contributed by atoms with Crippen molar-refractivity contribution in [2.24, 2.45) is 10.7 Å². The van der Waals surface area contributed by atoms with Gasteiger partial charge in [-0.05, 0) is 74.5 Å². The number of imidazole rings is 2. The number of nitrogens with two attached hydrogens (primary N) is 3. The van der Waals surface area contributed by atoms with Crippen molar-refractivity contribution in [2.45, 2.75) is 93.9 Å². The Morgan fingerprint density at radius 1 is 0.784 bits per heavy atom. The Hall–Kier alpha value is -5.93. The predicted molar refractivity (Wildman–Crippen MR) is 207 cm³/mol.